The van der Waals surface area contributed by atoms with E-state index in [-0.39, 0.29) is 20.7 Å². The molecule has 1 aromatic heterocycles. The largest absolute Gasteiger partial charge is 0.318 e. The highest BCUT2D eigenvalue weighted by Gasteiger charge is 2.36. The lowest BCUT2D eigenvalue weighted by atomic mass is 10.1. The van der Waals surface area contributed by atoms with Crippen molar-refractivity contribution in [2.24, 2.45) is 0 Å². The number of amides is 2. The zero-order valence-electron chi connectivity index (χ0n) is 17.9. The van der Waals surface area contributed by atoms with Crippen LogP contribution in [0.25, 0.3) is 11.8 Å². The van der Waals surface area contributed by atoms with E-state index in [1.807, 2.05) is 39.0 Å². The minimum atomic E-state index is -0.572. The van der Waals surface area contributed by atoms with Crippen molar-refractivity contribution in [1.29, 1.82) is 0 Å². The first-order valence-corrected chi connectivity index (χ1v) is 11.9. The Hall–Kier alpha value is -2.45. The molecule has 0 unspecified atom stereocenters. The van der Waals surface area contributed by atoms with Gasteiger partial charge in [0.1, 0.15) is 5.57 Å². The van der Waals surface area contributed by atoms with Crippen LogP contribution in [0.2, 0.25) is 10.0 Å². The Morgan fingerprint density at radius 3 is 2.48 bits per heavy atom. The average molecular weight is 563 g/mol. The summed E-state index contributed by atoms with van der Waals surface area (Å²) in [5.41, 5.74) is 4.95. The van der Waals surface area contributed by atoms with Crippen LogP contribution in [0, 0.1) is 20.8 Å². The third kappa shape index (κ3) is 4.26. The van der Waals surface area contributed by atoms with Gasteiger partial charge in [0, 0.05) is 21.5 Å². The molecule has 1 aliphatic heterocycles. The van der Waals surface area contributed by atoms with Crippen molar-refractivity contribution in [3.63, 3.8) is 0 Å². The van der Waals surface area contributed by atoms with Crippen molar-refractivity contribution in [3.05, 3.63) is 85.1 Å². The van der Waals surface area contributed by atoms with Crippen molar-refractivity contribution in [2.75, 3.05) is 4.90 Å². The number of carbonyl (C=O) groups is 2. The first-order chi connectivity index (χ1) is 15.6. The van der Waals surface area contributed by atoms with Crippen molar-refractivity contribution in [2.45, 2.75) is 20.8 Å². The lowest BCUT2D eigenvalue weighted by Gasteiger charge is -2.29. The summed E-state index contributed by atoms with van der Waals surface area (Å²) in [6.07, 6.45) is 1.58. The molecular formula is C24H18BrCl2N3O2S. The third-order valence-corrected chi connectivity index (χ3v) is 7.43. The number of anilines is 1. The number of halogens is 3. The number of thiocarbonyl (C=S) groups is 1. The Bertz CT molecular complexity index is 1380. The van der Waals surface area contributed by atoms with Gasteiger partial charge < -0.3 is 4.57 Å². The topological polar surface area (TPSA) is 54.3 Å². The van der Waals surface area contributed by atoms with E-state index in [4.69, 9.17) is 35.4 Å². The van der Waals surface area contributed by atoms with Gasteiger partial charge in [0.15, 0.2) is 5.11 Å². The second kappa shape index (κ2) is 9.06. The number of rotatable bonds is 3. The summed E-state index contributed by atoms with van der Waals surface area (Å²) in [5, 5.41) is 2.98. The van der Waals surface area contributed by atoms with Crippen LogP contribution in [-0.4, -0.2) is 21.5 Å². The van der Waals surface area contributed by atoms with Crippen molar-refractivity contribution >= 4 is 80.0 Å². The summed E-state index contributed by atoms with van der Waals surface area (Å²) in [6.45, 7) is 5.94. The second-order valence-electron chi connectivity index (χ2n) is 7.63. The fraction of sp³-hybridized carbons (Fsp3) is 0.125. The molecule has 0 radical (unpaired) electrons. The molecule has 3 aromatic rings. The number of hydrogen-bond donors (Lipinski definition) is 1. The molecule has 0 aliphatic carbocycles. The van der Waals surface area contributed by atoms with E-state index in [1.54, 1.807) is 24.3 Å². The van der Waals surface area contributed by atoms with Gasteiger partial charge >= 0.3 is 0 Å². The van der Waals surface area contributed by atoms with E-state index < -0.39 is 11.8 Å². The van der Waals surface area contributed by atoms with Gasteiger partial charge in [-0.3, -0.25) is 19.8 Å². The number of aryl methyl sites for hydroxylation is 2. The highest BCUT2D eigenvalue weighted by Crippen LogP contribution is 2.35. The van der Waals surface area contributed by atoms with Crippen LogP contribution < -0.4 is 10.2 Å². The smallest absolute Gasteiger partial charge is 0.270 e. The van der Waals surface area contributed by atoms with E-state index in [9.17, 15) is 9.59 Å². The summed E-state index contributed by atoms with van der Waals surface area (Å²) in [6, 6.07) is 12.9. The minimum absolute atomic E-state index is 0.0492. The van der Waals surface area contributed by atoms with E-state index in [0.29, 0.717) is 5.69 Å². The molecule has 2 heterocycles. The number of aromatic nitrogens is 1. The molecule has 5 nitrogen and oxygen atoms in total. The molecule has 1 aliphatic rings. The number of carbonyl (C=O) groups excluding carboxylic acids is 2. The van der Waals surface area contributed by atoms with Gasteiger partial charge in [-0.15, -0.1) is 0 Å². The molecule has 168 valence electrons. The number of nitrogens with zero attached hydrogens (tertiary/aromatic N) is 2. The molecule has 1 saturated heterocycles. The summed E-state index contributed by atoms with van der Waals surface area (Å²) in [7, 11) is 0. The molecule has 0 bridgehead atoms. The van der Waals surface area contributed by atoms with E-state index in [2.05, 4.69) is 31.9 Å². The van der Waals surface area contributed by atoms with Gasteiger partial charge in [-0.1, -0.05) is 45.2 Å². The van der Waals surface area contributed by atoms with Gasteiger partial charge in [0.2, 0.25) is 0 Å². The quantitative estimate of drug-likeness (QED) is 0.231. The number of hydrogen-bond acceptors (Lipinski definition) is 3. The fourth-order valence-electron chi connectivity index (χ4n) is 3.80. The fourth-order valence-corrected chi connectivity index (χ4v) is 4.70. The zero-order valence-corrected chi connectivity index (χ0v) is 21.8. The van der Waals surface area contributed by atoms with E-state index >= 15 is 0 Å². The van der Waals surface area contributed by atoms with Gasteiger partial charge in [-0.2, -0.15) is 0 Å². The number of nitrogens with one attached hydrogen (secondary N) is 1. The van der Waals surface area contributed by atoms with Gasteiger partial charge in [0.05, 0.1) is 15.7 Å². The predicted octanol–water partition coefficient (Wildman–Crippen LogP) is 6.30. The molecular weight excluding hydrogens is 545 g/mol. The normalized spacial score (nSPS) is 15.4. The summed E-state index contributed by atoms with van der Waals surface area (Å²) >= 11 is 21.2. The maximum absolute atomic E-state index is 13.4. The van der Waals surface area contributed by atoms with Crippen LogP contribution in [0.3, 0.4) is 0 Å². The molecule has 0 atom stereocenters. The SMILES string of the molecule is Cc1cc(-n2c(C)cc(/C=C3\C(=O)NC(=S)N(c4cccc(Cl)c4Cl)C3=O)c2C)ccc1Br. The first-order valence-electron chi connectivity index (χ1n) is 9.91. The third-order valence-electron chi connectivity index (χ3n) is 5.44. The Balaban J connectivity index is 1.79. The van der Waals surface area contributed by atoms with Gasteiger partial charge in [-0.25, -0.2) is 0 Å². The van der Waals surface area contributed by atoms with E-state index in [1.165, 1.54) is 4.90 Å². The molecule has 4 rings (SSSR count). The minimum Gasteiger partial charge on any atom is -0.318 e. The predicted molar refractivity (Wildman–Crippen MR) is 140 cm³/mol. The Morgan fingerprint density at radius 2 is 1.79 bits per heavy atom. The highest BCUT2D eigenvalue weighted by molar-refractivity contribution is 9.10. The maximum atomic E-state index is 13.4. The Labute approximate surface area is 215 Å². The van der Waals surface area contributed by atoms with Crippen molar-refractivity contribution < 1.29 is 9.59 Å². The summed E-state index contributed by atoms with van der Waals surface area (Å²) in [4.78, 5) is 27.3. The standard InChI is InChI=1S/C24H18BrCl2N3O2S/c1-12-9-16(7-8-18(12)25)29-13(2)10-15(14(29)3)11-17-22(31)28-24(33)30(23(17)32)20-6-4-5-19(26)21(20)27/h4-11H,1-3H3,(H,28,31,33)/b17-11+. The lowest BCUT2D eigenvalue weighted by Crippen LogP contribution is -2.54. The molecule has 33 heavy (non-hydrogen) atoms. The molecule has 1 fully saturated rings. The first kappa shape index (κ1) is 23.7. The number of benzene rings is 2. The van der Waals surface area contributed by atoms with Crippen LogP contribution in [0.5, 0.6) is 0 Å². The molecule has 0 spiro atoms. The Morgan fingerprint density at radius 1 is 1.06 bits per heavy atom. The second-order valence-corrected chi connectivity index (χ2v) is 9.65. The summed E-state index contributed by atoms with van der Waals surface area (Å²) in [5.74, 6) is -1.14. The van der Waals surface area contributed by atoms with Crippen LogP contribution in [0.4, 0.5) is 5.69 Å². The van der Waals surface area contributed by atoms with Gasteiger partial charge in [-0.05, 0) is 86.6 Å². The Kier molecular flexibility index (Phi) is 6.51. The van der Waals surface area contributed by atoms with Crippen LogP contribution >= 0.6 is 51.3 Å². The van der Waals surface area contributed by atoms with Crippen LogP contribution in [0.15, 0.2) is 52.5 Å². The van der Waals surface area contributed by atoms with Crippen molar-refractivity contribution in [3.8, 4) is 5.69 Å². The molecule has 2 amide bonds. The van der Waals surface area contributed by atoms with Gasteiger partial charge in [0.25, 0.3) is 11.8 Å². The molecule has 9 heteroatoms. The zero-order chi connectivity index (χ0) is 24.0. The molecule has 1 N–H and O–H groups in total. The van der Waals surface area contributed by atoms with Crippen LogP contribution in [-0.2, 0) is 9.59 Å². The van der Waals surface area contributed by atoms with Crippen molar-refractivity contribution in [1.82, 2.24) is 9.88 Å². The maximum Gasteiger partial charge on any atom is 0.270 e. The van der Waals surface area contributed by atoms with E-state index in [0.717, 1.165) is 32.7 Å². The lowest BCUT2D eigenvalue weighted by molar-refractivity contribution is -0.122. The van der Waals surface area contributed by atoms with Crippen LogP contribution in [0.1, 0.15) is 22.5 Å². The monoisotopic (exact) mass is 561 g/mol. The molecule has 0 saturated carbocycles. The highest BCUT2D eigenvalue weighted by atomic mass is 79.9. The molecule has 2 aromatic carbocycles. The summed E-state index contributed by atoms with van der Waals surface area (Å²) < 4.78 is 3.10. The average Bonchev–Trinajstić information content (AvgIpc) is 3.03.